The van der Waals surface area contributed by atoms with Crippen LogP contribution in [-0.2, 0) is 0 Å². The van der Waals surface area contributed by atoms with Crippen molar-refractivity contribution in [3.8, 4) is 6.07 Å². The number of hydrogen-bond donors (Lipinski definition) is 1. The lowest BCUT2D eigenvalue weighted by Gasteiger charge is -2.14. The molecule has 4 heteroatoms. The Balaban J connectivity index is 2.51. The summed E-state index contributed by atoms with van der Waals surface area (Å²) in [6.45, 7) is 7.33. The minimum Gasteiger partial charge on any atom is -0.389 e. The highest BCUT2D eigenvalue weighted by Crippen LogP contribution is 2.18. The van der Waals surface area contributed by atoms with E-state index in [9.17, 15) is 0 Å². The Morgan fingerprint density at radius 1 is 1.58 bits per heavy atom. The number of nitrogens with zero attached hydrogens (tertiary/aromatic N) is 2. The van der Waals surface area contributed by atoms with Crippen LogP contribution in [-0.4, -0.2) is 11.5 Å². The van der Waals surface area contributed by atoms with Crippen molar-refractivity contribution in [1.82, 2.24) is 10.3 Å². The number of allylic oxidation sites excluding steroid dienone is 1. The molecule has 0 aliphatic heterocycles. The van der Waals surface area contributed by atoms with Gasteiger partial charge in [-0.05, 0) is 19.3 Å². The topological polar surface area (TPSA) is 48.7 Å². The Morgan fingerprint density at radius 2 is 2.37 bits per heavy atom. The fourth-order valence-electron chi connectivity index (χ4n) is 1.89. The third-order valence-corrected chi connectivity index (χ3v) is 4.16. The average molecular weight is 277 g/mol. The van der Waals surface area contributed by atoms with E-state index in [4.69, 9.17) is 5.26 Å². The van der Waals surface area contributed by atoms with E-state index >= 15 is 0 Å². The molecule has 3 nitrogen and oxygen atoms in total. The highest BCUT2D eigenvalue weighted by atomic mass is 32.1. The van der Waals surface area contributed by atoms with E-state index in [1.165, 1.54) is 37.0 Å². The standard InChI is InChI=1S/C15H23N3S/c1-4-6-7-13(5-2)9-17-10-14(8-16)15-18-12(3)11-19-15/h10-11,13,17H,4-7,9H2,1-3H3/b14-10+. The highest BCUT2D eigenvalue weighted by molar-refractivity contribution is 7.10. The van der Waals surface area contributed by atoms with Crippen molar-refractivity contribution in [3.63, 3.8) is 0 Å². The molecule has 1 aromatic heterocycles. The van der Waals surface area contributed by atoms with Crippen LogP contribution >= 0.6 is 11.3 Å². The molecule has 0 aromatic carbocycles. The van der Waals surface area contributed by atoms with Gasteiger partial charge in [-0.1, -0.05) is 33.1 Å². The van der Waals surface area contributed by atoms with E-state index in [1.54, 1.807) is 0 Å². The minimum atomic E-state index is 0.628. The first-order chi connectivity index (χ1) is 9.21. The molecule has 1 heterocycles. The molecular weight excluding hydrogens is 254 g/mol. The zero-order valence-electron chi connectivity index (χ0n) is 12.1. The number of aromatic nitrogens is 1. The number of unbranched alkanes of at least 4 members (excludes halogenated alkanes) is 1. The molecular formula is C15H23N3S. The summed E-state index contributed by atoms with van der Waals surface area (Å²) < 4.78 is 0. The molecule has 0 aliphatic carbocycles. The smallest absolute Gasteiger partial charge is 0.135 e. The molecule has 0 fully saturated rings. The predicted octanol–water partition coefficient (Wildman–Crippen LogP) is 4.12. The first kappa shape index (κ1) is 15.7. The largest absolute Gasteiger partial charge is 0.389 e. The van der Waals surface area contributed by atoms with Crippen molar-refractivity contribution < 1.29 is 0 Å². The lowest BCUT2D eigenvalue weighted by molar-refractivity contribution is 0.441. The molecule has 1 aromatic rings. The zero-order valence-corrected chi connectivity index (χ0v) is 12.9. The van der Waals surface area contributed by atoms with E-state index in [1.807, 2.05) is 18.5 Å². The van der Waals surface area contributed by atoms with Gasteiger partial charge < -0.3 is 5.32 Å². The first-order valence-corrected chi connectivity index (χ1v) is 7.85. The molecule has 1 atom stereocenters. The second-order valence-electron chi connectivity index (χ2n) is 4.79. The molecule has 19 heavy (non-hydrogen) atoms. The summed E-state index contributed by atoms with van der Waals surface area (Å²) in [7, 11) is 0. The summed E-state index contributed by atoms with van der Waals surface area (Å²) in [6, 6.07) is 2.21. The normalized spacial score (nSPS) is 13.1. The van der Waals surface area contributed by atoms with Gasteiger partial charge in [0.2, 0.25) is 0 Å². The van der Waals surface area contributed by atoms with Gasteiger partial charge in [0.15, 0.2) is 0 Å². The quantitative estimate of drug-likeness (QED) is 0.727. The Labute approximate surface area is 120 Å². The summed E-state index contributed by atoms with van der Waals surface area (Å²) in [5.74, 6) is 0.689. The summed E-state index contributed by atoms with van der Waals surface area (Å²) in [5.41, 5.74) is 1.60. The van der Waals surface area contributed by atoms with Crippen LogP contribution in [0.4, 0.5) is 0 Å². The van der Waals surface area contributed by atoms with Crippen LogP contribution in [0.2, 0.25) is 0 Å². The third-order valence-electron chi connectivity index (χ3n) is 3.17. The van der Waals surface area contributed by atoms with Gasteiger partial charge in [0.05, 0.1) is 0 Å². The van der Waals surface area contributed by atoms with E-state index in [0.29, 0.717) is 11.5 Å². The second kappa shape index (κ2) is 8.71. The number of nitrogens with one attached hydrogen (secondary N) is 1. The maximum atomic E-state index is 9.16. The summed E-state index contributed by atoms with van der Waals surface area (Å²) >= 11 is 1.52. The van der Waals surface area contributed by atoms with Crippen LogP contribution < -0.4 is 5.32 Å². The van der Waals surface area contributed by atoms with Crippen molar-refractivity contribution in [3.05, 3.63) is 22.3 Å². The van der Waals surface area contributed by atoms with Crippen LogP contribution in [0.5, 0.6) is 0 Å². The monoisotopic (exact) mass is 277 g/mol. The first-order valence-electron chi connectivity index (χ1n) is 6.97. The molecule has 104 valence electrons. The lowest BCUT2D eigenvalue weighted by atomic mass is 9.99. The maximum absolute atomic E-state index is 9.16. The molecule has 0 spiro atoms. The van der Waals surface area contributed by atoms with E-state index < -0.39 is 0 Å². The van der Waals surface area contributed by atoms with Gasteiger partial charge in [-0.3, -0.25) is 0 Å². The molecule has 1 N–H and O–H groups in total. The minimum absolute atomic E-state index is 0.628. The van der Waals surface area contributed by atoms with E-state index in [0.717, 1.165) is 17.2 Å². The molecule has 0 bridgehead atoms. The van der Waals surface area contributed by atoms with Gasteiger partial charge >= 0.3 is 0 Å². The van der Waals surface area contributed by atoms with Crippen LogP contribution in [0.25, 0.3) is 5.57 Å². The van der Waals surface area contributed by atoms with E-state index in [-0.39, 0.29) is 0 Å². The number of rotatable bonds is 8. The average Bonchev–Trinajstić information content (AvgIpc) is 2.84. The number of nitriles is 1. The number of aryl methyl sites for hydroxylation is 1. The van der Waals surface area contributed by atoms with Gasteiger partial charge in [-0.15, -0.1) is 11.3 Å². The maximum Gasteiger partial charge on any atom is 0.135 e. The lowest BCUT2D eigenvalue weighted by Crippen LogP contribution is -2.18. The summed E-state index contributed by atoms with van der Waals surface area (Å²) in [6.07, 6.45) is 6.77. The van der Waals surface area contributed by atoms with Gasteiger partial charge in [0.25, 0.3) is 0 Å². The fourth-order valence-corrected chi connectivity index (χ4v) is 2.65. The Kier molecular flexibility index (Phi) is 7.20. The van der Waals surface area contributed by atoms with Crippen LogP contribution in [0, 0.1) is 24.2 Å². The molecule has 0 radical (unpaired) electrons. The zero-order chi connectivity index (χ0) is 14.1. The molecule has 0 saturated carbocycles. The van der Waals surface area contributed by atoms with Gasteiger partial charge in [0, 0.05) is 23.8 Å². The fraction of sp³-hybridized carbons (Fsp3) is 0.600. The summed E-state index contributed by atoms with van der Waals surface area (Å²) in [4.78, 5) is 4.34. The van der Waals surface area contributed by atoms with Crippen molar-refractivity contribution >= 4 is 16.9 Å². The molecule has 1 unspecified atom stereocenters. The van der Waals surface area contributed by atoms with Gasteiger partial charge in [0.1, 0.15) is 16.6 Å². The van der Waals surface area contributed by atoms with Crippen molar-refractivity contribution in [2.45, 2.75) is 46.5 Å². The number of hydrogen-bond acceptors (Lipinski definition) is 4. The molecule has 0 saturated heterocycles. The Hall–Kier alpha value is -1.34. The van der Waals surface area contributed by atoms with Crippen molar-refractivity contribution in [1.29, 1.82) is 5.26 Å². The van der Waals surface area contributed by atoms with E-state index in [2.05, 4.69) is 30.2 Å². The molecule has 0 aliphatic rings. The van der Waals surface area contributed by atoms with Crippen molar-refractivity contribution in [2.75, 3.05) is 6.54 Å². The predicted molar refractivity (Wildman–Crippen MR) is 81.7 cm³/mol. The van der Waals surface area contributed by atoms with Crippen LogP contribution in [0.3, 0.4) is 0 Å². The van der Waals surface area contributed by atoms with Gasteiger partial charge in [-0.25, -0.2) is 4.98 Å². The van der Waals surface area contributed by atoms with Crippen LogP contribution in [0.1, 0.15) is 50.2 Å². The Bertz CT molecular complexity index is 442. The Morgan fingerprint density at radius 3 is 2.89 bits per heavy atom. The SMILES string of the molecule is CCCCC(CC)CN/C=C(\C#N)c1nc(C)cs1. The highest BCUT2D eigenvalue weighted by Gasteiger charge is 2.07. The third kappa shape index (κ3) is 5.44. The van der Waals surface area contributed by atoms with Crippen LogP contribution in [0.15, 0.2) is 11.6 Å². The molecule has 1 rings (SSSR count). The number of thiazole rings is 1. The molecule has 0 amide bonds. The van der Waals surface area contributed by atoms with Crippen molar-refractivity contribution in [2.24, 2.45) is 5.92 Å². The van der Waals surface area contributed by atoms with Gasteiger partial charge in [-0.2, -0.15) is 5.26 Å². The summed E-state index contributed by atoms with van der Waals surface area (Å²) in [5, 5.41) is 15.2. The second-order valence-corrected chi connectivity index (χ2v) is 5.65.